The molecule has 5 heteroatoms. The molecule has 0 aliphatic heterocycles. The van der Waals surface area contributed by atoms with E-state index < -0.39 is 0 Å². The van der Waals surface area contributed by atoms with Gasteiger partial charge in [-0.2, -0.15) is 0 Å². The average molecular weight is 264 g/mol. The lowest BCUT2D eigenvalue weighted by Gasteiger charge is -2.11. The van der Waals surface area contributed by atoms with Crippen LogP contribution in [0.1, 0.15) is 22.3 Å². The lowest BCUT2D eigenvalue weighted by Crippen LogP contribution is -1.98. The van der Waals surface area contributed by atoms with Gasteiger partial charge in [-0.1, -0.05) is 12.2 Å². The second kappa shape index (κ2) is 7.20. The fraction of sp³-hybridized carbons (Fsp3) is 0.286. The summed E-state index contributed by atoms with van der Waals surface area (Å²) in [6.07, 6.45) is 4.21. The molecule has 0 heterocycles. The lowest BCUT2D eigenvalue weighted by atomic mass is 10.1. The molecule has 0 amide bonds. The predicted molar refractivity (Wildman–Crippen MR) is 70.6 cm³/mol. The summed E-state index contributed by atoms with van der Waals surface area (Å²) >= 11 is 0. The van der Waals surface area contributed by atoms with Gasteiger partial charge in [-0.15, -0.1) is 0 Å². The fourth-order valence-corrected chi connectivity index (χ4v) is 1.55. The van der Waals surface area contributed by atoms with Crippen molar-refractivity contribution in [3.63, 3.8) is 0 Å². The summed E-state index contributed by atoms with van der Waals surface area (Å²) in [6.45, 7) is 0. The molecule has 0 saturated heterocycles. The van der Waals surface area contributed by atoms with Crippen LogP contribution in [0.25, 0.3) is 6.08 Å². The molecule has 0 N–H and O–H groups in total. The van der Waals surface area contributed by atoms with Crippen LogP contribution in [0.2, 0.25) is 0 Å². The highest BCUT2D eigenvalue weighted by Gasteiger charge is 2.10. The van der Waals surface area contributed by atoms with Crippen LogP contribution in [0.3, 0.4) is 0 Å². The Hall–Kier alpha value is -2.30. The van der Waals surface area contributed by atoms with Crippen molar-refractivity contribution in [2.75, 3.05) is 21.3 Å². The monoisotopic (exact) mass is 264 g/mol. The summed E-state index contributed by atoms with van der Waals surface area (Å²) in [5.41, 5.74) is 1.12. The number of aldehydes is 1. The van der Waals surface area contributed by atoms with Gasteiger partial charge in [0.1, 0.15) is 17.8 Å². The van der Waals surface area contributed by atoms with E-state index in [1.54, 1.807) is 24.3 Å². The summed E-state index contributed by atoms with van der Waals surface area (Å²) < 4.78 is 15.0. The smallest absolute Gasteiger partial charge is 0.309 e. The van der Waals surface area contributed by atoms with E-state index >= 15 is 0 Å². The minimum Gasteiger partial charge on any atom is -0.496 e. The number of hydrogen-bond acceptors (Lipinski definition) is 5. The minimum atomic E-state index is -0.335. The molecule has 0 aliphatic rings. The quantitative estimate of drug-likeness (QED) is 0.581. The van der Waals surface area contributed by atoms with Gasteiger partial charge in [0.25, 0.3) is 0 Å². The van der Waals surface area contributed by atoms with Crippen LogP contribution in [0.4, 0.5) is 0 Å². The Morgan fingerprint density at radius 2 is 1.74 bits per heavy atom. The number of benzene rings is 1. The van der Waals surface area contributed by atoms with Crippen molar-refractivity contribution >= 4 is 18.3 Å². The van der Waals surface area contributed by atoms with Crippen LogP contribution in [-0.2, 0) is 9.53 Å². The SMILES string of the molecule is COC(=O)CC=Cc1c(OC)cc(C=O)cc1OC. The molecule has 0 spiro atoms. The summed E-state index contributed by atoms with van der Waals surface area (Å²) in [5.74, 6) is 0.670. The molecule has 1 aromatic carbocycles. The van der Waals surface area contributed by atoms with E-state index in [-0.39, 0.29) is 12.4 Å². The van der Waals surface area contributed by atoms with Gasteiger partial charge in [-0.05, 0) is 12.1 Å². The van der Waals surface area contributed by atoms with Gasteiger partial charge in [0.2, 0.25) is 0 Å². The molecule has 0 aliphatic carbocycles. The van der Waals surface area contributed by atoms with Gasteiger partial charge in [0.15, 0.2) is 0 Å². The normalized spacial score (nSPS) is 10.3. The van der Waals surface area contributed by atoms with Crippen molar-refractivity contribution in [2.24, 2.45) is 0 Å². The molecule has 0 unspecified atom stereocenters. The van der Waals surface area contributed by atoms with Gasteiger partial charge in [0, 0.05) is 5.56 Å². The first-order valence-electron chi connectivity index (χ1n) is 5.60. The third kappa shape index (κ3) is 3.84. The van der Waals surface area contributed by atoms with Gasteiger partial charge in [-0.3, -0.25) is 9.59 Å². The summed E-state index contributed by atoms with van der Waals surface area (Å²) in [4.78, 5) is 21.8. The molecule has 19 heavy (non-hydrogen) atoms. The Morgan fingerprint density at radius 1 is 1.16 bits per heavy atom. The van der Waals surface area contributed by atoms with Gasteiger partial charge in [-0.25, -0.2) is 0 Å². The first kappa shape index (κ1) is 14.8. The van der Waals surface area contributed by atoms with E-state index in [1.165, 1.54) is 21.3 Å². The molecular formula is C14H16O5. The van der Waals surface area contributed by atoms with Crippen molar-refractivity contribution in [3.05, 3.63) is 29.3 Å². The molecule has 5 nitrogen and oxygen atoms in total. The van der Waals surface area contributed by atoms with Gasteiger partial charge >= 0.3 is 5.97 Å². The third-order valence-electron chi connectivity index (χ3n) is 2.50. The van der Waals surface area contributed by atoms with Crippen LogP contribution in [0.15, 0.2) is 18.2 Å². The molecular weight excluding hydrogens is 248 g/mol. The number of esters is 1. The zero-order valence-corrected chi connectivity index (χ0v) is 11.1. The lowest BCUT2D eigenvalue weighted by molar-refractivity contribution is -0.139. The van der Waals surface area contributed by atoms with Crippen LogP contribution >= 0.6 is 0 Å². The zero-order chi connectivity index (χ0) is 14.3. The third-order valence-corrected chi connectivity index (χ3v) is 2.50. The van der Waals surface area contributed by atoms with Crippen molar-refractivity contribution in [1.82, 2.24) is 0 Å². The van der Waals surface area contributed by atoms with E-state index in [2.05, 4.69) is 4.74 Å². The van der Waals surface area contributed by atoms with E-state index in [1.807, 2.05) is 0 Å². The second-order valence-electron chi connectivity index (χ2n) is 3.64. The maximum Gasteiger partial charge on any atom is 0.309 e. The van der Waals surface area contributed by atoms with E-state index in [9.17, 15) is 9.59 Å². The Morgan fingerprint density at radius 3 is 2.16 bits per heavy atom. The maximum atomic E-state index is 11.0. The Bertz CT molecular complexity index is 466. The molecule has 1 rings (SSSR count). The number of rotatable bonds is 6. The first-order chi connectivity index (χ1) is 9.15. The van der Waals surface area contributed by atoms with Crippen LogP contribution in [0.5, 0.6) is 11.5 Å². The molecule has 0 aromatic heterocycles. The Labute approximate surface area is 111 Å². The van der Waals surface area contributed by atoms with Crippen molar-refractivity contribution in [1.29, 1.82) is 0 Å². The van der Waals surface area contributed by atoms with Gasteiger partial charge in [0.05, 0.1) is 33.3 Å². The highest BCUT2D eigenvalue weighted by atomic mass is 16.5. The van der Waals surface area contributed by atoms with Crippen LogP contribution in [-0.4, -0.2) is 33.6 Å². The number of carbonyl (C=O) groups is 2. The molecule has 0 bridgehead atoms. The standard InChI is InChI=1S/C14H16O5/c1-17-12-7-10(9-15)8-13(18-2)11(12)5-4-6-14(16)19-3/h4-5,7-9H,6H2,1-3H3. The molecule has 102 valence electrons. The molecule has 0 radical (unpaired) electrons. The highest BCUT2D eigenvalue weighted by molar-refractivity contribution is 5.80. The van der Waals surface area contributed by atoms with Crippen LogP contribution < -0.4 is 9.47 Å². The topological polar surface area (TPSA) is 61.8 Å². The van der Waals surface area contributed by atoms with E-state index in [4.69, 9.17) is 9.47 Å². The number of carbonyl (C=O) groups excluding carboxylic acids is 2. The number of methoxy groups -OCH3 is 3. The van der Waals surface area contributed by atoms with Crippen molar-refractivity contribution < 1.29 is 23.8 Å². The van der Waals surface area contributed by atoms with Gasteiger partial charge < -0.3 is 14.2 Å². The molecule has 0 saturated carbocycles. The zero-order valence-electron chi connectivity index (χ0n) is 11.1. The van der Waals surface area contributed by atoms with E-state index in [0.29, 0.717) is 28.9 Å². The maximum absolute atomic E-state index is 11.0. The Balaban J connectivity index is 3.10. The highest BCUT2D eigenvalue weighted by Crippen LogP contribution is 2.31. The molecule has 1 aromatic rings. The van der Waals surface area contributed by atoms with Crippen molar-refractivity contribution in [2.45, 2.75) is 6.42 Å². The second-order valence-corrected chi connectivity index (χ2v) is 3.64. The minimum absolute atomic E-state index is 0.151. The predicted octanol–water partition coefficient (Wildman–Crippen LogP) is 2.09. The Kier molecular flexibility index (Phi) is 5.60. The van der Waals surface area contributed by atoms with E-state index in [0.717, 1.165) is 0 Å². The summed E-state index contributed by atoms with van der Waals surface area (Å²) in [7, 11) is 4.33. The fourth-order valence-electron chi connectivity index (χ4n) is 1.55. The first-order valence-corrected chi connectivity index (χ1v) is 5.60. The molecule has 0 atom stereocenters. The average Bonchev–Trinajstić information content (AvgIpc) is 2.46. The van der Waals surface area contributed by atoms with Crippen molar-refractivity contribution in [3.8, 4) is 11.5 Å². The van der Waals surface area contributed by atoms with Crippen LogP contribution in [0, 0.1) is 0 Å². The largest absolute Gasteiger partial charge is 0.496 e. The number of hydrogen-bond donors (Lipinski definition) is 0. The molecule has 0 fully saturated rings. The number of ether oxygens (including phenoxy) is 3. The summed E-state index contributed by atoms with van der Waals surface area (Å²) in [5, 5.41) is 0. The summed E-state index contributed by atoms with van der Waals surface area (Å²) in [6, 6.07) is 3.21.